The van der Waals surface area contributed by atoms with E-state index in [1.54, 1.807) is 12.1 Å². The minimum atomic E-state index is -0.869. The van der Waals surface area contributed by atoms with Crippen molar-refractivity contribution in [1.82, 2.24) is 4.90 Å². The lowest BCUT2D eigenvalue weighted by atomic mass is 9.85. The van der Waals surface area contributed by atoms with Gasteiger partial charge in [0.1, 0.15) is 0 Å². The zero-order chi connectivity index (χ0) is 19.2. The van der Waals surface area contributed by atoms with E-state index in [9.17, 15) is 24.8 Å². The van der Waals surface area contributed by atoms with E-state index in [-0.39, 0.29) is 29.6 Å². The molecule has 1 aromatic carbocycles. The number of nitrogens with zero attached hydrogens (tertiary/aromatic N) is 2. The van der Waals surface area contributed by atoms with E-state index < -0.39 is 22.2 Å². The summed E-state index contributed by atoms with van der Waals surface area (Å²) in [5, 5.41) is 20.9. The average Bonchev–Trinajstić information content (AvgIpc) is 3.30. The van der Waals surface area contributed by atoms with Crippen molar-refractivity contribution in [2.75, 3.05) is 13.1 Å². The molecule has 0 unspecified atom stereocenters. The predicted octanol–water partition coefficient (Wildman–Crippen LogP) is 3.08. The van der Waals surface area contributed by atoms with Crippen LogP contribution in [-0.2, 0) is 10.2 Å². The fourth-order valence-electron chi connectivity index (χ4n) is 3.89. The van der Waals surface area contributed by atoms with E-state index in [0.29, 0.717) is 18.0 Å². The molecular weight excluding hydrogens is 336 g/mol. The first kappa shape index (κ1) is 18.4. The fraction of sp³-hybridized carbons (Fsp3) is 0.579. The number of amides is 1. The van der Waals surface area contributed by atoms with Gasteiger partial charge in [-0.1, -0.05) is 26.8 Å². The van der Waals surface area contributed by atoms with Crippen molar-refractivity contribution >= 4 is 17.6 Å². The molecule has 1 N–H and O–H groups in total. The molecule has 0 bridgehead atoms. The lowest BCUT2D eigenvalue weighted by molar-refractivity contribution is -0.386. The molecule has 1 aliphatic heterocycles. The number of nitro groups is 1. The van der Waals surface area contributed by atoms with E-state index in [1.807, 2.05) is 20.8 Å². The van der Waals surface area contributed by atoms with E-state index in [1.165, 1.54) is 11.0 Å². The number of carbonyl (C=O) groups is 2. The summed E-state index contributed by atoms with van der Waals surface area (Å²) in [6.07, 6.45) is 2.03. The lowest BCUT2D eigenvalue weighted by Gasteiger charge is -2.20. The summed E-state index contributed by atoms with van der Waals surface area (Å²) in [5.74, 6) is -1.38. The fourth-order valence-corrected chi connectivity index (χ4v) is 3.89. The zero-order valence-electron chi connectivity index (χ0n) is 15.3. The van der Waals surface area contributed by atoms with Crippen molar-refractivity contribution in [3.63, 3.8) is 0 Å². The van der Waals surface area contributed by atoms with Crippen LogP contribution in [0.2, 0.25) is 0 Å². The van der Waals surface area contributed by atoms with Crippen LogP contribution in [0.15, 0.2) is 18.2 Å². The van der Waals surface area contributed by atoms with Gasteiger partial charge in [-0.3, -0.25) is 19.7 Å². The zero-order valence-corrected chi connectivity index (χ0v) is 15.3. The molecule has 1 saturated carbocycles. The highest BCUT2D eigenvalue weighted by molar-refractivity contribution is 5.95. The van der Waals surface area contributed by atoms with Crippen LogP contribution in [0, 0.1) is 27.9 Å². The second-order valence-corrected chi connectivity index (χ2v) is 8.40. The molecule has 1 aliphatic carbocycles. The highest BCUT2D eigenvalue weighted by Crippen LogP contribution is 2.44. The van der Waals surface area contributed by atoms with Gasteiger partial charge in [0.05, 0.1) is 10.8 Å². The third kappa shape index (κ3) is 3.43. The number of benzene rings is 1. The van der Waals surface area contributed by atoms with Crippen molar-refractivity contribution in [3.8, 4) is 0 Å². The number of hydrogen-bond donors (Lipinski definition) is 1. The van der Waals surface area contributed by atoms with Gasteiger partial charge in [-0.2, -0.15) is 0 Å². The van der Waals surface area contributed by atoms with Crippen LogP contribution >= 0.6 is 0 Å². The van der Waals surface area contributed by atoms with Gasteiger partial charge in [-0.15, -0.1) is 0 Å². The summed E-state index contributed by atoms with van der Waals surface area (Å²) < 4.78 is 0. The minimum Gasteiger partial charge on any atom is -0.481 e. The van der Waals surface area contributed by atoms with E-state index in [4.69, 9.17) is 0 Å². The summed E-state index contributed by atoms with van der Waals surface area (Å²) in [6, 6.07) is 4.56. The van der Waals surface area contributed by atoms with Gasteiger partial charge < -0.3 is 10.0 Å². The number of likely N-dealkylation sites (tertiary alicyclic amines) is 1. The Morgan fingerprint density at radius 2 is 1.88 bits per heavy atom. The normalized spacial score (nSPS) is 23.1. The average molecular weight is 360 g/mol. The molecule has 1 heterocycles. The highest BCUT2D eigenvalue weighted by Gasteiger charge is 2.47. The first-order valence-corrected chi connectivity index (χ1v) is 8.90. The molecule has 140 valence electrons. The molecule has 1 amide bonds. The second kappa shape index (κ2) is 6.37. The summed E-state index contributed by atoms with van der Waals surface area (Å²) >= 11 is 0. The van der Waals surface area contributed by atoms with E-state index in [0.717, 1.165) is 12.8 Å². The Morgan fingerprint density at radius 1 is 1.23 bits per heavy atom. The summed E-state index contributed by atoms with van der Waals surface area (Å²) in [6.45, 7) is 6.23. The lowest BCUT2D eigenvalue weighted by Crippen LogP contribution is -2.30. The highest BCUT2D eigenvalue weighted by atomic mass is 16.6. The second-order valence-electron chi connectivity index (χ2n) is 8.40. The monoisotopic (exact) mass is 360 g/mol. The number of rotatable bonds is 4. The number of carboxylic acid groups (broad SMARTS) is 1. The van der Waals surface area contributed by atoms with Crippen molar-refractivity contribution in [2.24, 2.45) is 17.8 Å². The third-order valence-electron chi connectivity index (χ3n) is 5.45. The topological polar surface area (TPSA) is 101 Å². The predicted molar refractivity (Wildman–Crippen MR) is 95.0 cm³/mol. The van der Waals surface area contributed by atoms with Gasteiger partial charge in [-0.05, 0) is 36.2 Å². The first-order chi connectivity index (χ1) is 12.1. The first-order valence-electron chi connectivity index (χ1n) is 8.90. The molecule has 7 nitrogen and oxygen atoms in total. The van der Waals surface area contributed by atoms with Crippen molar-refractivity contribution < 1.29 is 19.6 Å². The maximum absolute atomic E-state index is 12.8. The Bertz CT molecular complexity index is 764. The molecule has 1 aromatic rings. The Morgan fingerprint density at radius 3 is 2.38 bits per heavy atom. The van der Waals surface area contributed by atoms with Gasteiger partial charge >= 0.3 is 5.97 Å². The van der Waals surface area contributed by atoms with Gasteiger partial charge in [-0.25, -0.2) is 0 Å². The Balaban J connectivity index is 1.87. The number of hydrogen-bond acceptors (Lipinski definition) is 4. The van der Waals surface area contributed by atoms with Gasteiger partial charge in [0.25, 0.3) is 11.6 Å². The third-order valence-corrected chi connectivity index (χ3v) is 5.45. The van der Waals surface area contributed by atoms with Gasteiger partial charge in [0.15, 0.2) is 0 Å². The maximum Gasteiger partial charge on any atom is 0.308 e. The van der Waals surface area contributed by atoms with Crippen molar-refractivity contribution in [2.45, 2.75) is 39.0 Å². The van der Waals surface area contributed by atoms with Crippen LogP contribution in [0.4, 0.5) is 5.69 Å². The molecule has 26 heavy (non-hydrogen) atoms. The summed E-state index contributed by atoms with van der Waals surface area (Å²) in [7, 11) is 0. The SMILES string of the molecule is CC(C)(C)c1ccc(C(=O)N2C[C@H](C(=O)O)[C@@H](C3CC3)C2)cc1[N+](=O)[O-]. The van der Waals surface area contributed by atoms with Crippen LogP contribution in [0.3, 0.4) is 0 Å². The van der Waals surface area contributed by atoms with Crippen LogP contribution in [0.5, 0.6) is 0 Å². The van der Waals surface area contributed by atoms with Crippen LogP contribution in [0.1, 0.15) is 49.5 Å². The number of aliphatic carboxylic acids is 1. The largest absolute Gasteiger partial charge is 0.481 e. The number of carboxylic acids is 1. The molecule has 3 rings (SSSR count). The Labute approximate surface area is 152 Å². The molecule has 7 heteroatoms. The molecule has 0 radical (unpaired) electrons. The van der Waals surface area contributed by atoms with Crippen molar-refractivity contribution in [3.05, 3.63) is 39.4 Å². The van der Waals surface area contributed by atoms with Gasteiger partial charge in [0, 0.05) is 30.3 Å². The van der Waals surface area contributed by atoms with Crippen LogP contribution in [0.25, 0.3) is 0 Å². The molecule has 0 spiro atoms. The minimum absolute atomic E-state index is 0.0136. The van der Waals surface area contributed by atoms with Crippen molar-refractivity contribution in [1.29, 1.82) is 0 Å². The van der Waals surface area contributed by atoms with E-state index >= 15 is 0 Å². The van der Waals surface area contributed by atoms with Crippen LogP contribution in [-0.4, -0.2) is 39.9 Å². The quantitative estimate of drug-likeness (QED) is 0.657. The summed E-state index contributed by atoms with van der Waals surface area (Å²) in [4.78, 5) is 36.9. The Hall–Kier alpha value is -2.44. The number of nitro benzene ring substituents is 1. The standard InChI is InChI=1S/C19H24N2O5/c1-19(2,3)15-7-6-12(8-16(15)21(25)26)17(22)20-9-13(11-4-5-11)14(10-20)18(23)24/h6-8,11,13-14H,4-5,9-10H2,1-3H3,(H,23,24)/t13-,14+/m1/s1. The molecule has 2 fully saturated rings. The molecular formula is C19H24N2O5. The molecule has 2 aliphatic rings. The smallest absolute Gasteiger partial charge is 0.308 e. The molecule has 1 saturated heterocycles. The summed E-state index contributed by atoms with van der Waals surface area (Å²) in [5.41, 5.74) is 0.324. The molecule has 0 aromatic heterocycles. The van der Waals surface area contributed by atoms with Gasteiger partial charge in [0.2, 0.25) is 0 Å². The van der Waals surface area contributed by atoms with Crippen LogP contribution < -0.4 is 0 Å². The molecule has 2 atom stereocenters. The maximum atomic E-state index is 12.8. The van der Waals surface area contributed by atoms with E-state index in [2.05, 4.69) is 0 Å². The Kier molecular flexibility index (Phi) is 4.50. The number of carbonyl (C=O) groups excluding carboxylic acids is 1.